The van der Waals surface area contributed by atoms with Crippen LogP contribution in [0.25, 0.3) is 6.08 Å². The van der Waals surface area contributed by atoms with Gasteiger partial charge in [-0.25, -0.2) is 0 Å². The van der Waals surface area contributed by atoms with Crippen molar-refractivity contribution in [2.24, 2.45) is 0 Å². The Morgan fingerprint density at radius 2 is 1.67 bits per heavy atom. The monoisotopic (exact) mass is 420 g/mol. The van der Waals surface area contributed by atoms with E-state index in [1.165, 1.54) is 20.3 Å². The van der Waals surface area contributed by atoms with Gasteiger partial charge in [0.15, 0.2) is 19.4 Å². The van der Waals surface area contributed by atoms with E-state index in [-0.39, 0.29) is 25.1 Å². The van der Waals surface area contributed by atoms with Crippen molar-refractivity contribution < 1.29 is 33.6 Å². The fourth-order valence-electron chi connectivity index (χ4n) is 2.44. The number of hydrogen-bond donors (Lipinski definition) is 1. The highest BCUT2D eigenvalue weighted by atomic mass is 16.7. The Bertz CT molecular complexity index is 705. The number of ketones is 1. The van der Waals surface area contributed by atoms with Crippen LogP contribution >= 0.6 is 0 Å². The molecule has 0 heterocycles. The zero-order valence-electron chi connectivity index (χ0n) is 18.2. The molecule has 0 radical (unpaired) electrons. The van der Waals surface area contributed by atoms with Gasteiger partial charge in [-0.3, -0.25) is 4.79 Å². The molecule has 1 aromatic rings. The second-order valence-electron chi connectivity index (χ2n) is 6.36. The van der Waals surface area contributed by atoms with Gasteiger partial charge in [0.05, 0.1) is 12.4 Å². The number of carbonyl (C=O) groups excluding carboxylic acids is 1. The van der Waals surface area contributed by atoms with Gasteiger partial charge in [0.2, 0.25) is 0 Å². The highest BCUT2D eigenvalue weighted by molar-refractivity contribution is 5.93. The molecule has 1 rings (SSSR count). The minimum atomic E-state index is -0.0381. The Labute approximate surface area is 178 Å². The molecule has 0 amide bonds. The maximum atomic E-state index is 12.3. The molecule has 0 fully saturated rings. The first-order chi connectivity index (χ1) is 14.5. The number of methoxy groups -OCH3 is 2. The van der Waals surface area contributed by atoms with Gasteiger partial charge in [0, 0.05) is 33.3 Å². The Balaban J connectivity index is 2.79. The van der Waals surface area contributed by atoms with Gasteiger partial charge < -0.3 is 28.8 Å². The van der Waals surface area contributed by atoms with E-state index in [1.54, 1.807) is 37.3 Å². The summed E-state index contributed by atoms with van der Waals surface area (Å²) in [4.78, 5) is 12.3. The molecule has 1 N–H and O–H groups in total. The number of benzene rings is 1. The topological polar surface area (TPSA) is 83.5 Å². The Hall–Kier alpha value is -2.61. The van der Waals surface area contributed by atoms with Crippen LogP contribution in [-0.4, -0.2) is 51.9 Å². The molecule has 1 aromatic carbocycles. The minimum absolute atomic E-state index is 0.0381. The molecule has 0 spiro atoms. The van der Waals surface area contributed by atoms with E-state index in [4.69, 9.17) is 23.7 Å². The second-order valence-corrected chi connectivity index (χ2v) is 6.36. The van der Waals surface area contributed by atoms with Crippen LogP contribution in [0.3, 0.4) is 0 Å². The van der Waals surface area contributed by atoms with Crippen molar-refractivity contribution in [3.05, 3.63) is 53.3 Å². The van der Waals surface area contributed by atoms with E-state index < -0.39 is 0 Å². The fourth-order valence-corrected chi connectivity index (χ4v) is 2.44. The van der Waals surface area contributed by atoms with Crippen molar-refractivity contribution >= 4 is 11.9 Å². The first-order valence-electron chi connectivity index (χ1n) is 9.72. The van der Waals surface area contributed by atoms with Gasteiger partial charge >= 0.3 is 0 Å². The molecule has 0 saturated carbocycles. The fraction of sp³-hybridized carbons (Fsp3) is 0.435. The molecular weight excluding hydrogens is 388 g/mol. The first kappa shape index (κ1) is 25.4. The van der Waals surface area contributed by atoms with Crippen LogP contribution < -0.4 is 9.47 Å². The zero-order chi connectivity index (χ0) is 22.2. The summed E-state index contributed by atoms with van der Waals surface area (Å²) in [7, 11) is 3.07. The van der Waals surface area contributed by atoms with E-state index in [9.17, 15) is 9.90 Å². The first-order valence-corrected chi connectivity index (χ1v) is 9.72. The van der Waals surface area contributed by atoms with Gasteiger partial charge in [0.25, 0.3) is 0 Å². The Morgan fingerprint density at radius 1 is 1.03 bits per heavy atom. The van der Waals surface area contributed by atoms with Gasteiger partial charge in [-0.05, 0) is 55.7 Å². The highest BCUT2D eigenvalue weighted by Gasteiger charge is 2.04. The average Bonchev–Trinajstić information content (AvgIpc) is 2.72. The molecule has 0 aliphatic rings. The standard InChI is InChI=1S/C23H32O7/c1-5-28-11-10-19(12-18(2)24)6-8-21(25)9-7-20-13-22(29-16-26-3)15-23(14-20)30-17-27-4/h7,9-10,12-15,24H,5-6,8,11,16-17H2,1-4H3/b9-7+,18-12+,19-10-. The lowest BCUT2D eigenvalue weighted by Crippen LogP contribution is -2.02. The lowest BCUT2D eigenvalue weighted by molar-refractivity contribution is -0.114. The molecular formula is C23H32O7. The van der Waals surface area contributed by atoms with Crippen molar-refractivity contribution in [2.45, 2.75) is 26.7 Å². The number of carbonyl (C=O) groups is 1. The Morgan fingerprint density at radius 3 is 2.20 bits per heavy atom. The summed E-state index contributed by atoms with van der Waals surface area (Å²) >= 11 is 0. The molecule has 166 valence electrons. The van der Waals surface area contributed by atoms with Gasteiger partial charge in [-0.1, -0.05) is 12.2 Å². The van der Waals surface area contributed by atoms with Crippen molar-refractivity contribution in [3.63, 3.8) is 0 Å². The Kier molecular flexibility index (Phi) is 12.9. The third kappa shape index (κ3) is 11.4. The van der Waals surface area contributed by atoms with E-state index in [2.05, 4.69) is 0 Å². The van der Waals surface area contributed by atoms with Crippen molar-refractivity contribution in [3.8, 4) is 11.5 Å². The summed E-state index contributed by atoms with van der Waals surface area (Å²) in [6.07, 6.45) is 7.56. The van der Waals surface area contributed by atoms with Crippen LogP contribution in [0.4, 0.5) is 0 Å². The highest BCUT2D eigenvalue weighted by Crippen LogP contribution is 2.24. The molecule has 7 heteroatoms. The summed E-state index contributed by atoms with van der Waals surface area (Å²) in [5.74, 6) is 1.27. The molecule has 0 saturated heterocycles. The third-order valence-corrected chi connectivity index (χ3v) is 3.77. The molecule has 0 aromatic heterocycles. The van der Waals surface area contributed by atoms with Crippen LogP contribution in [0.2, 0.25) is 0 Å². The van der Waals surface area contributed by atoms with E-state index in [1.807, 2.05) is 13.0 Å². The smallest absolute Gasteiger partial charge is 0.188 e. The molecule has 0 unspecified atom stereocenters. The van der Waals surface area contributed by atoms with Gasteiger partial charge in [-0.2, -0.15) is 0 Å². The largest absolute Gasteiger partial charge is 0.513 e. The van der Waals surface area contributed by atoms with Crippen molar-refractivity contribution in [1.82, 2.24) is 0 Å². The lowest BCUT2D eigenvalue weighted by atomic mass is 10.1. The molecule has 0 bridgehead atoms. The molecule has 0 aliphatic carbocycles. The van der Waals surface area contributed by atoms with Crippen LogP contribution in [-0.2, 0) is 19.0 Å². The summed E-state index contributed by atoms with van der Waals surface area (Å²) < 4.78 is 26.1. The summed E-state index contributed by atoms with van der Waals surface area (Å²) in [5.41, 5.74) is 1.61. The van der Waals surface area contributed by atoms with Crippen LogP contribution in [0.5, 0.6) is 11.5 Å². The lowest BCUT2D eigenvalue weighted by Gasteiger charge is -2.10. The number of aliphatic hydroxyl groups excluding tert-OH is 1. The maximum Gasteiger partial charge on any atom is 0.188 e. The number of rotatable bonds is 15. The average molecular weight is 421 g/mol. The molecule has 7 nitrogen and oxygen atoms in total. The SMILES string of the molecule is CCOC/C=C(\C=C(/C)O)CCC(=O)/C=C/c1cc(OCOC)cc(OCOC)c1. The van der Waals surface area contributed by atoms with Crippen LogP contribution in [0.15, 0.2) is 47.8 Å². The number of hydrogen-bond acceptors (Lipinski definition) is 7. The van der Waals surface area contributed by atoms with Gasteiger partial charge in [-0.15, -0.1) is 0 Å². The second kappa shape index (κ2) is 15.3. The van der Waals surface area contributed by atoms with Crippen molar-refractivity contribution in [2.75, 3.05) is 41.0 Å². The summed E-state index contributed by atoms with van der Waals surface area (Å²) in [5, 5.41) is 9.51. The predicted octanol–water partition coefficient (Wildman–Crippen LogP) is 4.44. The van der Waals surface area contributed by atoms with Gasteiger partial charge in [0.1, 0.15) is 11.5 Å². The normalized spacial score (nSPS) is 12.4. The zero-order valence-corrected chi connectivity index (χ0v) is 18.2. The number of ether oxygens (including phenoxy) is 5. The molecule has 30 heavy (non-hydrogen) atoms. The van der Waals surface area contributed by atoms with E-state index in [0.717, 1.165) is 11.1 Å². The van der Waals surface area contributed by atoms with Crippen molar-refractivity contribution in [1.29, 1.82) is 0 Å². The van der Waals surface area contributed by atoms with Crippen LogP contribution in [0.1, 0.15) is 32.3 Å². The maximum absolute atomic E-state index is 12.3. The van der Waals surface area contributed by atoms with E-state index >= 15 is 0 Å². The molecule has 0 atom stereocenters. The summed E-state index contributed by atoms with van der Waals surface area (Å²) in [6.45, 7) is 4.76. The van der Waals surface area contributed by atoms with E-state index in [0.29, 0.717) is 37.6 Å². The third-order valence-electron chi connectivity index (χ3n) is 3.77. The summed E-state index contributed by atoms with van der Waals surface area (Å²) in [6, 6.07) is 5.29. The number of allylic oxidation sites excluding steroid dienone is 4. The molecule has 0 aliphatic heterocycles. The van der Waals surface area contributed by atoms with Crippen LogP contribution in [0, 0.1) is 0 Å². The minimum Gasteiger partial charge on any atom is -0.513 e. The quantitative estimate of drug-likeness (QED) is 0.148. The predicted molar refractivity (Wildman–Crippen MR) is 116 cm³/mol. The number of aliphatic hydroxyl groups is 1.